The van der Waals surface area contributed by atoms with E-state index < -0.39 is 23.3 Å². The maximum absolute atomic E-state index is 12.9. The van der Waals surface area contributed by atoms with E-state index in [0.717, 1.165) is 10.9 Å². The maximum Gasteiger partial charge on any atom is 0.435 e. The molecule has 9 heteroatoms. The van der Waals surface area contributed by atoms with Crippen LogP contribution >= 0.6 is 0 Å². The number of alkyl halides is 3. The summed E-state index contributed by atoms with van der Waals surface area (Å²) in [6, 6.07) is 6.21. The summed E-state index contributed by atoms with van der Waals surface area (Å²) >= 11 is 0. The SMILES string of the molecule is COc1ccc(-n2cc(/C(N)=N/O)c(C(F)(F)F)n2)cc1. The Labute approximate surface area is 117 Å². The molecule has 0 saturated carbocycles. The van der Waals surface area contributed by atoms with Gasteiger partial charge in [0.1, 0.15) is 5.75 Å². The highest BCUT2D eigenvalue weighted by Gasteiger charge is 2.38. The van der Waals surface area contributed by atoms with Crippen LogP contribution in [0.5, 0.6) is 5.75 Å². The van der Waals surface area contributed by atoms with Crippen LogP contribution in [0, 0.1) is 0 Å². The van der Waals surface area contributed by atoms with Gasteiger partial charge in [0.25, 0.3) is 0 Å². The first kappa shape index (κ1) is 14.7. The Kier molecular flexibility index (Phi) is 3.74. The lowest BCUT2D eigenvalue weighted by Gasteiger charge is -2.04. The van der Waals surface area contributed by atoms with Gasteiger partial charge in [0.05, 0.1) is 18.4 Å². The zero-order chi connectivity index (χ0) is 15.6. The van der Waals surface area contributed by atoms with Crippen LogP contribution in [0.2, 0.25) is 0 Å². The molecule has 0 aliphatic heterocycles. The molecule has 0 saturated heterocycles. The number of amidine groups is 1. The second kappa shape index (κ2) is 5.35. The Morgan fingerprint density at radius 1 is 1.33 bits per heavy atom. The first-order valence-corrected chi connectivity index (χ1v) is 5.66. The minimum Gasteiger partial charge on any atom is -0.497 e. The fourth-order valence-corrected chi connectivity index (χ4v) is 1.69. The van der Waals surface area contributed by atoms with Crippen molar-refractivity contribution in [2.75, 3.05) is 7.11 Å². The molecule has 2 aromatic rings. The van der Waals surface area contributed by atoms with Crippen LogP contribution in [0.1, 0.15) is 11.3 Å². The minimum atomic E-state index is -4.72. The molecular weight excluding hydrogens is 289 g/mol. The molecular formula is C12H11F3N4O2. The summed E-state index contributed by atoms with van der Waals surface area (Å²) in [5.74, 6) is -0.110. The van der Waals surface area contributed by atoms with E-state index in [1.807, 2.05) is 0 Å². The molecule has 0 bridgehead atoms. The van der Waals surface area contributed by atoms with Gasteiger partial charge in [-0.3, -0.25) is 0 Å². The van der Waals surface area contributed by atoms with E-state index in [-0.39, 0.29) is 0 Å². The molecule has 0 aliphatic carbocycles. The van der Waals surface area contributed by atoms with Gasteiger partial charge in [0.15, 0.2) is 11.5 Å². The number of benzene rings is 1. The molecule has 2 rings (SSSR count). The maximum atomic E-state index is 12.9. The third-order valence-corrected chi connectivity index (χ3v) is 2.70. The average molecular weight is 300 g/mol. The van der Waals surface area contributed by atoms with Crippen LogP contribution in [0.4, 0.5) is 13.2 Å². The molecule has 1 aromatic carbocycles. The van der Waals surface area contributed by atoms with Gasteiger partial charge in [-0.15, -0.1) is 0 Å². The number of hydrogen-bond acceptors (Lipinski definition) is 4. The average Bonchev–Trinajstić information content (AvgIpc) is 2.92. The van der Waals surface area contributed by atoms with Crippen molar-refractivity contribution in [3.05, 3.63) is 41.7 Å². The second-order valence-electron chi connectivity index (χ2n) is 4.02. The zero-order valence-electron chi connectivity index (χ0n) is 10.8. The number of halogens is 3. The lowest BCUT2D eigenvalue weighted by atomic mass is 10.2. The Hall–Kier alpha value is -2.71. The van der Waals surface area contributed by atoms with E-state index in [0.29, 0.717) is 11.4 Å². The van der Waals surface area contributed by atoms with E-state index in [2.05, 4.69) is 10.3 Å². The Bertz CT molecular complexity index is 662. The summed E-state index contributed by atoms with van der Waals surface area (Å²) in [7, 11) is 1.47. The van der Waals surface area contributed by atoms with Gasteiger partial charge >= 0.3 is 6.18 Å². The summed E-state index contributed by atoms with van der Waals surface area (Å²) < 4.78 is 44.7. The molecule has 0 amide bonds. The summed E-state index contributed by atoms with van der Waals surface area (Å²) in [5.41, 5.74) is 3.90. The van der Waals surface area contributed by atoms with Crippen molar-refractivity contribution in [2.45, 2.75) is 6.18 Å². The van der Waals surface area contributed by atoms with Gasteiger partial charge in [0, 0.05) is 6.20 Å². The van der Waals surface area contributed by atoms with Gasteiger partial charge in [-0.1, -0.05) is 5.16 Å². The molecule has 0 atom stereocenters. The van der Waals surface area contributed by atoms with Crippen LogP contribution in [0.15, 0.2) is 35.6 Å². The van der Waals surface area contributed by atoms with Crippen molar-refractivity contribution in [3.8, 4) is 11.4 Å². The van der Waals surface area contributed by atoms with Gasteiger partial charge in [-0.25, -0.2) is 4.68 Å². The number of ether oxygens (including phenoxy) is 1. The lowest BCUT2D eigenvalue weighted by molar-refractivity contribution is -0.141. The highest BCUT2D eigenvalue weighted by atomic mass is 19.4. The topological polar surface area (TPSA) is 85.7 Å². The van der Waals surface area contributed by atoms with Gasteiger partial charge in [-0.2, -0.15) is 18.3 Å². The second-order valence-corrected chi connectivity index (χ2v) is 4.02. The molecule has 0 radical (unpaired) electrons. The molecule has 0 fully saturated rings. The fourth-order valence-electron chi connectivity index (χ4n) is 1.69. The third-order valence-electron chi connectivity index (χ3n) is 2.70. The van der Waals surface area contributed by atoms with E-state index in [9.17, 15) is 13.2 Å². The Morgan fingerprint density at radius 2 is 1.95 bits per heavy atom. The van der Waals surface area contributed by atoms with Crippen molar-refractivity contribution < 1.29 is 23.1 Å². The first-order valence-electron chi connectivity index (χ1n) is 5.66. The van der Waals surface area contributed by atoms with E-state index in [1.165, 1.54) is 19.2 Å². The summed E-state index contributed by atoms with van der Waals surface area (Å²) in [5, 5.41) is 14.6. The van der Waals surface area contributed by atoms with Crippen LogP contribution in [0.3, 0.4) is 0 Å². The minimum absolute atomic E-state index is 0.373. The Morgan fingerprint density at radius 3 is 2.43 bits per heavy atom. The quantitative estimate of drug-likeness (QED) is 0.393. The smallest absolute Gasteiger partial charge is 0.435 e. The standard InChI is InChI=1S/C12H11F3N4O2/c1-21-8-4-2-7(3-5-8)19-6-9(11(16)18-20)10(17-19)12(13,14)15/h2-6,20H,1H3,(H2,16,18). The molecule has 21 heavy (non-hydrogen) atoms. The predicted molar refractivity (Wildman–Crippen MR) is 67.6 cm³/mol. The number of hydrogen-bond donors (Lipinski definition) is 2. The van der Waals surface area contributed by atoms with E-state index >= 15 is 0 Å². The molecule has 0 unspecified atom stereocenters. The first-order chi connectivity index (χ1) is 9.86. The third kappa shape index (κ3) is 2.91. The summed E-state index contributed by atoms with van der Waals surface area (Å²) in [6.07, 6.45) is -3.68. The van der Waals surface area contributed by atoms with Crippen molar-refractivity contribution in [1.29, 1.82) is 0 Å². The normalized spacial score (nSPS) is 12.5. The molecule has 3 N–H and O–H groups in total. The molecule has 1 aromatic heterocycles. The fraction of sp³-hybridized carbons (Fsp3) is 0.167. The highest BCUT2D eigenvalue weighted by molar-refractivity contribution is 5.98. The largest absolute Gasteiger partial charge is 0.497 e. The molecule has 0 spiro atoms. The zero-order valence-corrected chi connectivity index (χ0v) is 10.8. The van der Waals surface area contributed by atoms with Crippen molar-refractivity contribution in [3.63, 3.8) is 0 Å². The van der Waals surface area contributed by atoms with Crippen molar-refractivity contribution in [2.24, 2.45) is 10.9 Å². The summed E-state index contributed by atoms with van der Waals surface area (Å²) in [4.78, 5) is 0. The number of rotatable bonds is 3. The van der Waals surface area contributed by atoms with E-state index in [1.54, 1.807) is 12.1 Å². The van der Waals surface area contributed by atoms with Crippen molar-refractivity contribution in [1.82, 2.24) is 9.78 Å². The highest BCUT2D eigenvalue weighted by Crippen LogP contribution is 2.31. The lowest BCUT2D eigenvalue weighted by Crippen LogP contribution is -2.18. The number of nitrogens with zero attached hydrogens (tertiary/aromatic N) is 3. The summed E-state index contributed by atoms with van der Waals surface area (Å²) in [6.45, 7) is 0. The number of aromatic nitrogens is 2. The molecule has 1 heterocycles. The van der Waals surface area contributed by atoms with Crippen LogP contribution in [0.25, 0.3) is 5.69 Å². The van der Waals surface area contributed by atoms with Crippen LogP contribution < -0.4 is 10.5 Å². The van der Waals surface area contributed by atoms with Gasteiger partial charge in [0.2, 0.25) is 0 Å². The Balaban J connectivity index is 2.52. The molecule has 6 nitrogen and oxygen atoms in total. The number of methoxy groups -OCH3 is 1. The van der Waals surface area contributed by atoms with Crippen molar-refractivity contribution >= 4 is 5.84 Å². The predicted octanol–water partition coefficient (Wildman–Crippen LogP) is 1.99. The van der Waals surface area contributed by atoms with Crippen LogP contribution in [-0.4, -0.2) is 27.9 Å². The van der Waals surface area contributed by atoms with Crippen LogP contribution in [-0.2, 0) is 6.18 Å². The number of oxime groups is 1. The number of nitrogens with two attached hydrogens (primary N) is 1. The molecule has 112 valence electrons. The molecule has 0 aliphatic rings. The van der Waals surface area contributed by atoms with Gasteiger partial charge < -0.3 is 15.7 Å². The monoisotopic (exact) mass is 300 g/mol. The van der Waals surface area contributed by atoms with E-state index in [4.69, 9.17) is 15.7 Å². The van der Waals surface area contributed by atoms with Gasteiger partial charge in [-0.05, 0) is 24.3 Å².